The maximum atomic E-state index is 13.3. The Kier molecular flexibility index (Phi) is 7.92. The fourth-order valence-electron chi connectivity index (χ4n) is 1.53. The summed E-state index contributed by atoms with van der Waals surface area (Å²) in [5.41, 5.74) is 0. The predicted molar refractivity (Wildman–Crippen MR) is 66.2 cm³/mol. The number of carbonyl (C=O) groups is 1. The average Bonchev–Trinajstić information content (AvgIpc) is 3.32. The first-order chi connectivity index (χ1) is 15.1. The lowest BCUT2D eigenvalue weighted by molar-refractivity contribution is -0.579. The third kappa shape index (κ3) is 7.55. The molecule has 1 amide bonds. The third-order valence-corrected chi connectivity index (χ3v) is 3.21. The van der Waals surface area contributed by atoms with Crippen molar-refractivity contribution in [2.24, 2.45) is 0 Å². The van der Waals surface area contributed by atoms with E-state index in [1.807, 2.05) is 0 Å². The van der Waals surface area contributed by atoms with E-state index in [-0.39, 0.29) is 12.8 Å². The maximum absolute atomic E-state index is 13.3. The minimum atomic E-state index is -7.61. The van der Waals surface area contributed by atoms with Gasteiger partial charge in [-0.3, -0.25) is 4.79 Å². The summed E-state index contributed by atoms with van der Waals surface area (Å²) in [4.78, 5) is 11.0. The van der Waals surface area contributed by atoms with Gasteiger partial charge in [0.05, 0.1) is 0 Å². The quantitative estimate of drug-likeness (QED) is 0.337. The SMILES string of the molecule is O=C(NC1CC1)C(F)(F)OC(F)(F)C(F)(F)OC(F)(F)C(F)(F)OC(F)(F)C(F)(F)OC(F)(F)F. The van der Waals surface area contributed by atoms with Crippen LogP contribution in [0.3, 0.4) is 0 Å². The Balaban J connectivity index is 3.08. The molecule has 1 rings (SSSR count). The molecule has 0 heterocycles. The first kappa shape index (κ1) is 31.2. The fraction of sp³-hybridized carbons (Fsp3) is 0.917. The van der Waals surface area contributed by atoms with E-state index in [4.69, 9.17) is 0 Å². The highest BCUT2D eigenvalue weighted by molar-refractivity contribution is 5.82. The molecule has 0 aromatic heterocycles. The summed E-state index contributed by atoms with van der Waals surface area (Å²) in [5.74, 6) is -2.84. The van der Waals surface area contributed by atoms with Crippen LogP contribution in [0.1, 0.15) is 12.8 Å². The van der Waals surface area contributed by atoms with Crippen molar-refractivity contribution in [1.29, 1.82) is 0 Å². The van der Waals surface area contributed by atoms with Crippen molar-refractivity contribution in [1.82, 2.24) is 5.32 Å². The van der Waals surface area contributed by atoms with E-state index in [0.717, 1.165) is 0 Å². The molecular formula is C12H6F17NO5. The molecule has 0 aliphatic heterocycles. The molecule has 1 N–H and O–H groups in total. The van der Waals surface area contributed by atoms with Crippen molar-refractivity contribution in [2.45, 2.75) is 68.0 Å². The highest BCUT2D eigenvalue weighted by Gasteiger charge is 2.77. The van der Waals surface area contributed by atoms with Gasteiger partial charge in [-0.05, 0) is 12.8 Å². The summed E-state index contributed by atoms with van der Waals surface area (Å²) in [6.45, 7) is 0. The van der Waals surface area contributed by atoms with Gasteiger partial charge in [-0.1, -0.05) is 0 Å². The van der Waals surface area contributed by atoms with Crippen LogP contribution in [-0.2, 0) is 23.7 Å². The summed E-state index contributed by atoms with van der Waals surface area (Å²) in [6, 6.07) is -1.05. The number of hydrogen-bond donors (Lipinski definition) is 1. The second-order valence-corrected chi connectivity index (χ2v) is 6.22. The third-order valence-electron chi connectivity index (χ3n) is 3.21. The molecule has 208 valence electrons. The van der Waals surface area contributed by atoms with Gasteiger partial charge >= 0.3 is 55.0 Å². The van der Waals surface area contributed by atoms with Gasteiger partial charge in [0.15, 0.2) is 0 Å². The Hall–Kier alpha value is -1.88. The lowest BCUT2D eigenvalue weighted by Gasteiger charge is -2.35. The molecule has 1 saturated carbocycles. The first-order valence-electron chi connectivity index (χ1n) is 7.90. The highest BCUT2D eigenvalue weighted by Crippen LogP contribution is 2.51. The number of carbonyl (C=O) groups excluding carboxylic acids is 1. The number of halogens is 17. The summed E-state index contributed by atoms with van der Waals surface area (Å²) < 4.78 is 224. The van der Waals surface area contributed by atoms with Crippen LogP contribution < -0.4 is 5.32 Å². The molecule has 0 unspecified atom stereocenters. The van der Waals surface area contributed by atoms with Crippen molar-refractivity contribution in [3.8, 4) is 0 Å². The zero-order chi connectivity index (χ0) is 28.1. The van der Waals surface area contributed by atoms with Crippen molar-refractivity contribution >= 4 is 5.91 Å². The topological polar surface area (TPSA) is 66.0 Å². The van der Waals surface area contributed by atoms with Crippen LogP contribution in [0.25, 0.3) is 0 Å². The van der Waals surface area contributed by atoms with Crippen LogP contribution in [0.4, 0.5) is 74.6 Å². The molecule has 1 aliphatic rings. The van der Waals surface area contributed by atoms with E-state index in [2.05, 4.69) is 4.74 Å². The van der Waals surface area contributed by atoms with Crippen molar-refractivity contribution in [2.75, 3.05) is 0 Å². The summed E-state index contributed by atoms with van der Waals surface area (Å²) >= 11 is 0. The van der Waals surface area contributed by atoms with E-state index < -0.39 is 61.1 Å². The van der Waals surface area contributed by atoms with Crippen LogP contribution >= 0.6 is 0 Å². The van der Waals surface area contributed by atoms with Gasteiger partial charge in [0.1, 0.15) is 0 Å². The number of nitrogens with one attached hydrogen (secondary N) is 1. The maximum Gasteiger partial charge on any atom is 0.527 e. The van der Waals surface area contributed by atoms with Gasteiger partial charge in [0, 0.05) is 6.04 Å². The molecule has 0 aromatic rings. The van der Waals surface area contributed by atoms with E-state index in [0.29, 0.717) is 0 Å². The van der Waals surface area contributed by atoms with Gasteiger partial charge in [-0.15, -0.1) is 13.2 Å². The zero-order valence-corrected chi connectivity index (χ0v) is 15.5. The normalized spacial score (nSPS) is 17.5. The molecule has 6 nitrogen and oxygen atoms in total. The molecular weight excluding hydrogens is 561 g/mol. The van der Waals surface area contributed by atoms with Crippen LogP contribution in [0.5, 0.6) is 0 Å². The van der Waals surface area contributed by atoms with Crippen LogP contribution in [-0.4, -0.2) is 61.1 Å². The second-order valence-electron chi connectivity index (χ2n) is 6.22. The lowest BCUT2D eigenvalue weighted by atomic mass is 10.4. The van der Waals surface area contributed by atoms with Crippen LogP contribution in [0.2, 0.25) is 0 Å². The minimum absolute atomic E-state index is 0.0104. The molecule has 23 heteroatoms. The second kappa shape index (κ2) is 8.90. The Morgan fingerprint density at radius 2 is 0.800 bits per heavy atom. The van der Waals surface area contributed by atoms with Crippen molar-refractivity contribution < 1.29 is 98.4 Å². The van der Waals surface area contributed by atoms with E-state index >= 15 is 0 Å². The van der Waals surface area contributed by atoms with Gasteiger partial charge in [0.2, 0.25) is 0 Å². The monoisotopic (exact) mass is 567 g/mol. The number of ether oxygens (including phenoxy) is 4. The van der Waals surface area contributed by atoms with E-state index in [9.17, 15) is 79.4 Å². The first-order valence-corrected chi connectivity index (χ1v) is 7.90. The Labute approximate surface area is 179 Å². The highest BCUT2D eigenvalue weighted by atomic mass is 19.4. The van der Waals surface area contributed by atoms with Crippen molar-refractivity contribution in [3.05, 3.63) is 0 Å². The smallest absolute Gasteiger partial charge is 0.346 e. The van der Waals surface area contributed by atoms with E-state index in [1.165, 1.54) is 19.5 Å². The molecule has 1 fully saturated rings. The molecule has 0 bridgehead atoms. The minimum Gasteiger partial charge on any atom is -0.346 e. The van der Waals surface area contributed by atoms with Gasteiger partial charge in [0.25, 0.3) is 0 Å². The Morgan fingerprint density at radius 1 is 0.514 bits per heavy atom. The molecule has 1 aliphatic carbocycles. The van der Waals surface area contributed by atoms with E-state index in [1.54, 1.807) is 0 Å². The van der Waals surface area contributed by atoms with Crippen molar-refractivity contribution in [3.63, 3.8) is 0 Å². The fourth-order valence-corrected chi connectivity index (χ4v) is 1.53. The summed E-state index contributed by atoms with van der Waals surface area (Å²) in [6.07, 6.45) is -57.2. The lowest BCUT2D eigenvalue weighted by Crippen LogP contribution is -2.60. The predicted octanol–water partition coefficient (Wildman–Crippen LogP) is 5.00. The standard InChI is InChI=1S/C12H6F17NO5/c13-5(14,4(31)30-3-1-2-3)32-6(15,16)7(17,18)33-8(19,20)9(21,22)34-10(23,24)11(25,26)35-12(27,28)29/h3H,1-2H2,(H,30,31). The molecule has 0 saturated heterocycles. The number of rotatable bonds is 12. The van der Waals surface area contributed by atoms with Crippen LogP contribution in [0, 0.1) is 0 Å². The summed E-state index contributed by atoms with van der Waals surface area (Å²) in [5, 5.41) is 1.23. The van der Waals surface area contributed by atoms with Gasteiger partial charge in [-0.25, -0.2) is 18.9 Å². The zero-order valence-electron chi connectivity index (χ0n) is 15.5. The summed E-state index contributed by atoms with van der Waals surface area (Å²) in [7, 11) is 0. The molecule has 0 radical (unpaired) electrons. The Bertz CT molecular complexity index is 778. The van der Waals surface area contributed by atoms with Gasteiger partial charge in [-0.2, -0.15) is 61.5 Å². The number of amides is 1. The average molecular weight is 567 g/mol. The number of hydrogen-bond acceptors (Lipinski definition) is 5. The van der Waals surface area contributed by atoms with Gasteiger partial charge < -0.3 is 5.32 Å². The van der Waals surface area contributed by atoms with Crippen LogP contribution in [0.15, 0.2) is 0 Å². The number of alkyl halides is 17. The Morgan fingerprint density at radius 3 is 1.09 bits per heavy atom. The molecule has 0 spiro atoms. The molecule has 35 heavy (non-hydrogen) atoms. The molecule has 0 aromatic carbocycles. The largest absolute Gasteiger partial charge is 0.527 e. The molecule has 0 atom stereocenters.